The van der Waals surface area contributed by atoms with Crippen LogP contribution in [0.4, 0.5) is 0 Å². The lowest BCUT2D eigenvalue weighted by molar-refractivity contribution is 0.308. The van der Waals surface area contributed by atoms with E-state index in [1.807, 2.05) is 0 Å². The Bertz CT molecular complexity index is 224. The van der Waals surface area contributed by atoms with E-state index in [4.69, 9.17) is 0 Å². The van der Waals surface area contributed by atoms with E-state index in [0.717, 1.165) is 38.5 Å². The molecule has 0 aliphatic rings. The highest BCUT2D eigenvalue weighted by Crippen LogP contribution is 2.55. The highest BCUT2D eigenvalue weighted by Gasteiger charge is 2.40. The van der Waals surface area contributed by atoms with Gasteiger partial charge in [0.2, 0.25) is 0 Å². The van der Waals surface area contributed by atoms with Crippen LogP contribution >= 0.6 is 7.60 Å². The number of hydrogen-bond donors (Lipinski definition) is 2. The third-order valence-corrected chi connectivity index (χ3v) is 5.19. The fourth-order valence-electron chi connectivity index (χ4n) is 1.91. The van der Waals surface area contributed by atoms with E-state index in [2.05, 4.69) is 13.8 Å². The zero-order valence-electron chi connectivity index (χ0n) is 10.9. The molecule has 0 radical (unpaired) electrons. The minimum absolute atomic E-state index is 0.639. The average molecular weight is 250 g/mol. The van der Waals surface area contributed by atoms with Crippen molar-refractivity contribution in [1.29, 1.82) is 0 Å². The van der Waals surface area contributed by atoms with Gasteiger partial charge < -0.3 is 9.79 Å². The summed E-state index contributed by atoms with van der Waals surface area (Å²) in [5.74, 6) is 0. The van der Waals surface area contributed by atoms with Gasteiger partial charge in [-0.3, -0.25) is 4.57 Å². The first-order valence-electron chi connectivity index (χ1n) is 6.43. The van der Waals surface area contributed by atoms with Gasteiger partial charge >= 0.3 is 7.60 Å². The van der Waals surface area contributed by atoms with Crippen molar-refractivity contribution in [3.8, 4) is 0 Å². The van der Waals surface area contributed by atoms with Crippen molar-refractivity contribution >= 4 is 7.60 Å². The van der Waals surface area contributed by atoms with Crippen LogP contribution in [0.2, 0.25) is 0 Å². The minimum Gasteiger partial charge on any atom is -0.324 e. The first kappa shape index (κ1) is 16.1. The second-order valence-corrected chi connectivity index (χ2v) is 7.12. The Morgan fingerprint density at radius 2 is 1.44 bits per heavy atom. The lowest BCUT2D eigenvalue weighted by Crippen LogP contribution is -2.24. The quantitative estimate of drug-likeness (QED) is 0.479. The third kappa shape index (κ3) is 5.47. The summed E-state index contributed by atoms with van der Waals surface area (Å²) in [4.78, 5) is 18.9. The molecule has 1 atom stereocenters. The predicted molar refractivity (Wildman–Crippen MR) is 68.7 cm³/mol. The van der Waals surface area contributed by atoms with E-state index in [1.165, 1.54) is 0 Å². The van der Waals surface area contributed by atoms with Crippen molar-refractivity contribution in [3.05, 3.63) is 0 Å². The van der Waals surface area contributed by atoms with Crippen molar-refractivity contribution in [3.63, 3.8) is 0 Å². The van der Waals surface area contributed by atoms with Crippen LogP contribution < -0.4 is 0 Å². The number of rotatable bonds is 9. The van der Waals surface area contributed by atoms with Crippen molar-refractivity contribution in [2.75, 3.05) is 0 Å². The second kappa shape index (κ2) is 7.47. The van der Waals surface area contributed by atoms with Crippen LogP contribution in [0, 0.1) is 0 Å². The summed E-state index contributed by atoms with van der Waals surface area (Å²) in [5, 5.41) is -0.795. The van der Waals surface area contributed by atoms with Crippen LogP contribution in [-0.2, 0) is 4.57 Å². The van der Waals surface area contributed by atoms with Gasteiger partial charge in [0.25, 0.3) is 0 Å². The molecule has 0 aromatic carbocycles. The number of hydrogen-bond acceptors (Lipinski definition) is 1. The molecular formula is C12H27O3P. The van der Waals surface area contributed by atoms with Crippen LogP contribution in [-0.4, -0.2) is 14.9 Å². The molecule has 16 heavy (non-hydrogen) atoms. The molecule has 0 bridgehead atoms. The fraction of sp³-hybridized carbons (Fsp3) is 1.00. The van der Waals surface area contributed by atoms with Crippen LogP contribution in [0.25, 0.3) is 0 Å². The maximum atomic E-state index is 11.5. The zero-order chi connectivity index (χ0) is 12.7. The summed E-state index contributed by atoms with van der Waals surface area (Å²) >= 11 is 0. The molecule has 0 aliphatic heterocycles. The zero-order valence-corrected chi connectivity index (χ0v) is 11.8. The summed E-state index contributed by atoms with van der Waals surface area (Å²) < 4.78 is 11.5. The van der Waals surface area contributed by atoms with Crippen LogP contribution in [0.3, 0.4) is 0 Å². The summed E-state index contributed by atoms with van der Waals surface area (Å²) in [5.41, 5.74) is 0. The molecule has 4 heteroatoms. The molecule has 0 saturated heterocycles. The van der Waals surface area contributed by atoms with Crippen molar-refractivity contribution < 1.29 is 14.4 Å². The molecule has 0 rings (SSSR count). The average Bonchev–Trinajstić information content (AvgIpc) is 2.20. The molecule has 0 heterocycles. The molecule has 0 spiro atoms. The summed E-state index contributed by atoms with van der Waals surface area (Å²) in [6, 6.07) is 0. The minimum atomic E-state index is -3.97. The van der Waals surface area contributed by atoms with Crippen molar-refractivity contribution in [2.45, 2.75) is 77.3 Å². The Hall–Kier alpha value is 0.150. The maximum Gasteiger partial charge on any atom is 0.331 e. The molecule has 0 saturated carbocycles. The van der Waals surface area contributed by atoms with Crippen LogP contribution in [0.15, 0.2) is 0 Å². The second-order valence-electron chi connectivity index (χ2n) is 4.96. The smallest absolute Gasteiger partial charge is 0.324 e. The van der Waals surface area contributed by atoms with E-state index in [1.54, 1.807) is 6.92 Å². The van der Waals surface area contributed by atoms with E-state index >= 15 is 0 Å². The first-order chi connectivity index (χ1) is 7.37. The molecule has 0 aliphatic carbocycles. The van der Waals surface area contributed by atoms with Gasteiger partial charge in [-0.15, -0.1) is 0 Å². The third-order valence-electron chi connectivity index (χ3n) is 3.34. The van der Waals surface area contributed by atoms with E-state index in [-0.39, 0.29) is 0 Å². The fourth-order valence-corrected chi connectivity index (χ4v) is 2.81. The monoisotopic (exact) mass is 250 g/mol. The molecule has 0 aromatic heterocycles. The largest absolute Gasteiger partial charge is 0.331 e. The molecule has 0 fully saturated rings. The molecule has 98 valence electrons. The summed E-state index contributed by atoms with van der Waals surface area (Å²) in [6.45, 7) is 5.94. The summed E-state index contributed by atoms with van der Waals surface area (Å²) in [6.07, 6.45) is 7.50. The first-order valence-corrected chi connectivity index (χ1v) is 8.04. The van der Waals surface area contributed by atoms with Gasteiger partial charge in [0.15, 0.2) is 0 Å². The van der Waals surface area contributed by atoms with E-state index in [0.29, 0.717) is 12.8 Å². The highest BCUT2D eigenvalue weighted by molar-refractivity contribution is 7.53. The Morgan fingerprint density at radius 3 is 1.88 bits per heavy atom. The van der Waals surface area contributed by atoms with Crippen LogP contribution in [0.5, 0.6) is 0 Å². The molecule has 3 nitrogen and oxygen atoms in total. The lowest BCUT2D eigenvalue weighted by atomic mass is 9.96. The SMILES string of the molecule is CCCCCCC(C)(CCCC)P(=O)(O)O. The van der Waals surface area contributed by atoms with Gasteiger partial charge in [-0.25, -0.2) is 0 Å². The Balaban J connectivity index is 4.26. The highest BCUT2D eigenvalue weighted by atomic mass is 31.2. The van der Waals surface area contributed by atoms with Gasteiger partial charge in [0, 0.05) is 0 Å². The van der Waals surface area contributed by atoms with E-state index < -0.39 is 12.8 Å². The van der Waals surface area contributed by atoms with Crippen molar-refractivity contribution in [2.24, 2.45) is 0 Å². The van der Waals surface area contributed by atoms with Gasteiger partial charge in [0.1, 0.15) is 0 Å². The number of unbranched alkanes of at least 4 members (excludes halogenated alkanes) is 4. The Morgan fingerprint density at radius 1 is 0.938 bits per heavy atom. The maximum absolute atomic E-state index is 11.5. The van der Waals surface area contributed by atoms with Crippen molar-refractivity contribution in [1.82, 2.24) is 0 Å². The van der Waals surface area contributed by atoms with Gasteiger partial charge in [0.05, 0.1) is 5.16 Å². The Kier molecular flexibility index (Phi) is 7.54. The van der Waals surface area contributed by atoms with Gasteiger partial charge in [-0.2, -0.15) is 0 Å². The lowest BCUT2D eigenvalue weighted by Gasteiger charge is -2.30. The van der Waals surface area contributed by atoms with Gasteiger partial charge in [-0.05, 0) is 19.8 Å². The molecule has 1 unspecified atom stereocenters. The molecule has 0 aromatic rings. The standard InChI is InChI=1S/C12H27O3P/c1-4-6-8-9-11-12(3,10-7-5-2)16(13,14)15/h4-11H2,1-3H3,(H2,13,14,15). The topological polar surface area (TPSA) is 57.5 Å². The summed E-state index contributed by atoms with van der Waals surface area (Å²) in [7, 11) is -3.97. The van der Waals surface area contributed by atoms with Crippen LogP contribution in [0.1, 0.15) is 72.1 Å². The normalized spacial score (nSPS) is 16.1. The molecular weight excluding hydrogens is 223 g/mol. The molecule has 2 N–H and O–H groups in total. The van der Waals surface area contributed by atoms with E-state index in [9.17, 15) is 14.4 Å². The Labute approximate surface area is 99.8 Å². The molecule has 0 amide bonds. The van der Waals surface area contributed by atoms with Gasteiger partial charge in [-0.1, -0.05) is 52.4 Å². The predicted octanol–water partition coefficient (Wildman–Crippen LogP) is 4.08.